The number of rotatable bonds is 8. The van der Waals surface area contributed by atoms with Crippen LogP contribution in [0.5, 0.6) is 0 Å². The first-order valence-corrected chi connectivity index (χ1v) is 12.1. The first-order valence-electron chi connectivity index (χ1n) is 10.7. The lowest BCUT2D eigenvalue weighted by molar-refractivity contribution is -0.233. The van der Waals surface area contributed by atoms with Gasteiger partial charge in [0, 0.05) is 18.8 Å². The molecule has 0 aromatic carbocycles. The Bertz CT molecular complexity index is 1130. The quantitative estimate of drug-likeness (QED) is 0.197. The molecule has 1 fully saturated rings. The number of nitrogen functional groups attached to an aromatic ring is 1. The van der Waals surface area contributed by atoms with Crippen LogP contribution in [-0.2, 0) is 23.1 Å². The van der Waals surface area contributed by atoms with E-state index in [0.717, 1.165) is 0 Å². The molecule has 3 aliphatic heterocycles. The van der Waals surface area contributed by atoms with Gasteiger partial charge in [0.15, 0.2) is 6.23 Å². The highest BCUT2D eigenvalue weighted by molar-refractivity contribution is 7.45. The maximum atomic E-state index is 12.5. The number of nitrogens with two attached hydrogens (primary N) is 2. The Hall–Kier alpha value is -2.66. The summed E-state index contributed by atoms with van der Waals surface area (Å²) in [6.45, 7) is 0.757. The minimum Gasteiger partial charge on any atom is -0.756 e. The molecule has 3 aliphatic rings. The lowest BCUT2D eigenvalue weighted by Crippen LogP contribution is -2.54. The number of ether oxygens (including phenoxy) is 2. The zero-order valence-electron chi connectivity index (χ0n) is 19.6. The number of phosphoric acid groups is 1. The number of carbonyl (C=O) groups is 1. The van der Waals surface area contributed by atoms with E-state index in [1.807, 2.05) is 0 Å². The van der Waals surface area contributed by atoms with Gasteiger partial charge in [-0.25, -0.2) is 9.59 Å². The number of carbonyl (C=O) groups excluding carboxylic acids is 1. The fourth-order valence-electron chi connectivity index (χ4n) is 3.76. The molecule has 2 amide bonds. The van der Waals surface area contributed by atoms with E-state index < -0.39 is 69.7 Å². The van der Waals surface area contributed by atoms with Gasteiger partial charge in [-0.15, -0.1) is 0 Å². The summed E-state index contributed by atoms with van der Waals surface area (Å²) in [6.07, 6.45) is 0.721. The lowest BCUT2D eigenvalue weighted by Gasteiger charge is -2.32. The molecular formula is C19H30N7O9P. The number of urea groups is 1. The van der Waals surface area contributed by atoms with Gasteiger partial charge < -0.3 is 51.5 Å². The molecule has 0 spiro atoms. The highest BCUT2D eigenvalue weighted by Crippen LogP contribution is 2.44. The monoisotopic (exact) mass is 531 g/mol. The second-order valence-electron chi connectivity index (χ2n) is 8.13. The minimum absolute atomic E-state index is 0. The van der Waals surface area contributed by atoms with Gasteiger partial charge in [-0.2, -0.15) is 4.98 Å². The van der Waals surface area contributed by atoms with Crippen molar-refractivity contribution in [1.29, 1.82) is 0 Å². The standard InChI is InChI=1S/C19H27N6O9P.H3N/c1-10-7-25(19(28)23-17(10)21)16-6-12(13(8-26)33-16)34-35(29,30)31-9-11-2-3-15(32-11)24-5-4-14(20)22-18(24)27;/h2-5,7,11-13,15-17,26H,6,8-9,21H2,1H3,(H,23,28)(H,29,30)(H2,20,22,27);1H3. The highest BCUT2D eigenvalue weighted by Gasteiger charge is 2.43. The molecule has 17 heteroatoms. The molecule has 1 aromatic rings. The molecular weight excluding hydrogens is 501 g/mol. The van der Waals surface area contributed by atoms with Crippen molar-refractivity contribution >= 4 is 19.7 Å². The molecule has 0 aliphatic carbocycles. The molecule has 200 valence electrons. The summed E-state index contributed by atoms with van der Waals surface area (Å²) in [6, 6.07) is 0.900. The van der Waals surface area contributed by atoms with Crippen LogP contribution >= 0.6 is 7.82 Å². The van der Waals surface area contributed by atoms with Crippen LogP contribution in [0.25, 0.3) is 0 Å². The summed E-state index contributed by atoms with van der Waals surface area (Å²) in [4.78, 5) is 41.5. The van der Waals surface area contributed by atoms with E-state index in [4.69, 9.17) is 30.0 Å². The van der Waals surface area contributed by atoms with Gasteiger partial charge in [0.25, 0.3) is 7.82 Å². The Balaban J connectivity index is 0.00000361. The SMILES string of the molecule is CC1=CN(C2CC(OP(=O)([O-])OCC3C=CC(n4ccc(N)nc4=O)O3)C(CO)O2)C(=O)NC1N.[NH4+]. The van der Waals surface area contributed by atoms with Crippen molar-refractivity contribution in [2.24, 2.45) is 5.73 Å². The van der Waals surface area contributed by atoms with Crippen LogP contribution in [0, 0.1) is 0 Å². The second kappa shape index (κ2) is 11.2. The van der Waals surface area contributed by atoms with Gasteiger partial charge in [0.05, 0.1) is 19.3 Å². The summed E-state index contributed by atoms with van der Waals surface area (Å²) in [5.41, 5.74) is 11.3. The van der Waals surface area contributed by atoms with E-state index in [-0.39, 0.29) is 18.4 Å². The molecule has 7 unspecified atom stereocenters. The average molecular weight is 531 g/mol. The molecule has 0 radical (unpaired) electrons. The van der Waals surface area contributed by atoms with Gasteiger partial charge in [0.2, 0.25) is 0 Å². The molecule has 1 saturated heterocycles. The topological polar surface area (TPSA) is 253 Å². The van der Waals surface area contributed by atoms with Gasteiger partial charge in [-0.1, -0.05) is 6.08 Å². The Morgan fingerprint density at radius 1 is 1.36 bits per heavy atom. The summed E-state index contributed by atoms with van der Waals surface area (Å²) in [5, 5.41) is 12.2. The zero-order chi connectivity index (χ0) is 25.3. The van der Waals surface area contributed by atoms with Crippen molar-refractivity contribution in [3.8, 4) is 0 Å². The Morgan fingerprint density at radius 3 is 2.81 bits per heavy atom. The van der Waals surface area contributed by atoms with Crippen LogP contribution < -0.4 is 33.5 Å². The summed E-state index contributed by atoms with van der Waals surface area (Å²) in [7, 11) is -4.86. The largest absolute Gasteiger partial charge is 0.756 e. The number of hydrogen-bond acceptors (Lipinski definition) is 12. The van der Waals surface area contributed by atoms with Crippen LogP contribution in [0.1, 0.15) is 19.6 Å². The number of hydrogen-bond donors (Lipinski definition) is 5. The number of aromatic nitrogens is 2. The summed E-state index contributed by atoms with van der Waals surface area (Å²) in [5.74, 6) is 0.0625. The lowest BCUT2D eigenvalue weighted by atomic mass is 10.1. The van der Waals surface area contributed by atoms with Gasteiger partial charge in [0.1, 0.15) is 30.4 Å². The molecule has 36 heavy (non-hydrogen) atoms. The fraction of sp³-hybridized carbons (Fsp3) is 0.526. The maximum absolute atomic E-state index is 12.5. The number of aliphatic hydroxyl groups excluding tert-OH is 1. The van der Waals surface area contributed by atoms with E-state index in [1.165, 1.54) is 34.0 Å². The first-order chi connectivity index (χ1) is 16.6. The number of amides is 2. The number of nitrogens with zero attached hydrogens (tertiary/aromatic N) is 3. The van der Waals surface area contributed by atoms with E-state index >= 15 is 0 Å². The van der Waals surface area contributed by atoms with Gasteiger partial charge in [-0.05, 0) is 24.6 Å². The molecule has 4 heterocycles. The fourth-order valence-corrected chi connectivity index (χ4v) is 4.71. The van der Waals surface area contributed by atoms with Crippen LogP contribution in [0.2, 0.25) is 0 Å². The third kappa shape index (κ3) is 6.18. The molecule has 0 saturated carbocycles. The molecule has 0 bridgehead atoms. The third-order valence-electron chi connectivity index (χ3n) is 5.61. The van der Waals surface area contributed by atoms with Crippen LogP contribution in [0.3, 0.4) is 0 Å². The summed E-state index contributed by atoms with van der Waals surface area (Å²) < 4.78 is 35.0. The average Bonchev–Trinajstić information content (AvgIpc) is 3.41. The second-order valence-corrected chi connectivity index (χ2v) is 9.50. The van der Waals surface area contributed by atoms with Crippen LogP contribution in [-0.4, -0.2) is 69.5 Å². The van der Waals surface area contributed by atoms with Crippen molar-refractivity contribution in [2.45, 2.75) is 50.3 Å². The van der Waals surface area contributed by atoms with E-state index in [9.17, 15) is 24.2 Å². The highest BCUT2D eigenvalue weighted by atomic mass is 31.2. The van der Waals surface area contributed by atoms with Crippen LogP contribution in [0.15, 0.2) is 41.0 Å². The Kier molecular flexibility index (Phi) is 8.66. The molecule has 4 rings (SSSR count). The van der Waals surface area contributed by atoms with E-state index in [1.54, 1.807) is 13.0 Å². The van der Waals surface area contributed by atoms with Crippen molar-refractivity contribution in [3.05, 3.63) is 46.7 Å². The molecule has 10 N–H and O–H groups in total. The van der Waals surface area contributed by atoms with E-state index in [0.29, 0.717) is 5.57 Å². The first kappa shape index (κ1) is 27.9. The predicted molar refractivity (Wildman–Crippen MR) is 123 cm³/mol. The number of quaternary nitrogens is 1. The number of anilines is 1. The normalized spacial score (nSPS) is 31.5. The van der Waals surface area contributed by atoms with E-state index in [2.05, 4.69) is 10.3 Å². The number of nitrogens with one attached hydrogen (secondary N) is 1. The van der Waals surface area contributed by atoms with Crippen molar-refractivity contribution in [3.63, 3.8) is 0 Å². The minimum atomic E-state index is -4.86. The zero-order valence-corrected chi connectivity index (χ0v) is 20.5. The van der Waals surface area contributed by atoms with Crippen molar-refractivity contribution < 1.29 is 37.9 Å². The molecule has 1 aromatic heterocycles. The van der Waals surface area contributed by atoms with Crippen LogP contribution in [0.4, 0.5) is 10.6 Å². The van der Waals surface area contributed by atoms with Crippen molar-refractivity contribution in [1.82, 2.24) is 25.9 Å². The Morgan fingerprint density at radius 2 is 2.11 bits per heavy atom. The molecule has 16 nitrogen and oxygen atoms in total. The Labute approximate surface area is 205 Å². The number of phosphoric ester groups is 1. The summed E-state index contributed by atoms with van der Waals surface area (Å²) >= 11 is 0. The van der Waals surface area contributed by atoms with Gasteiger partial charge >= 0.3 is 11.7 Å². The molecule has 7 atom stereocenters. The predicted octanol–water partition coefficient (Wildman–Crippen LogP) is -1.15. The van der Waals surface area contributed by atoms with Crippen molar-refractivity contribution in [2.75, 3.05) is 18.9 Å². The number of aliphatic hydroxyl groups is 1. The smallest absolute Gasteiger partial charge is 0.351 e. The maximum Gasteiger partial charge on any atom is 0.351 e. The van der Waals surface area contributed by atoms with Gasteiger partial charge in [-0.3, -0.25) is 14.0 Å². The third-order valence-corrected chi connectivity index (χ3v) is 6.60.